The summed E-state index contributed by atoms with van der Waals surface area (Å²) in [5.74, 6) is -1.36. The highest BCUT2D eigenvalue weighted by Gasteiger charge is 2.32. The predicted octanol–water partition coefficient (Wildman–Crippen LogP) is 5.56. The van der Waals surface area contributed by atoms with Gasteiger partial charge in [0.25, 0.3) is 0 Å². The van der Waals surface area contributed by atoms with Crippen molar-refractivity contribution in [3.05, 3.63) is 69.9 Å². The maximum Gasteiger partial charge on any atom is 0.322 e. The Kier molecular flexibility index (Phi) is 5.00. The first-order valence-electron chi connectivity index (χ1n) is 9.10. The van der Waals surface area contributed by atoms with Crippen molar-refractivity contribution in [2.45, 2.75) is 32.9 Å². The van der Waals surface area contributed by atoms with Crippen LogP contribution in [0.15, 0.2) is 40.9 Å². The minimum absolute atomic E-state index is 0.122. The Bertz CT molecular complexity index is 1080. The molecule has 0 radical (unpaired) electrons. The van der Waals surface area contributed by atoms with Crippen molar-refractivity contribution in [3.8, 4) is 11.3 Å². The predicted molar refractivity (Wildman–Crippen MR) is 106 cm³/mol. The van der Waals surface area contributed by atoms with Gasteiger partial charge in [0.05, 0.1) is 12.2 Å². The number of aromatic nitrogens is 1. The van der Waals surface area contributed by atoms with Crippen LogP contribution >= 0.6 is 11.6 Å². The molecule has 2 amide bonds. The lowest BCUT2D eigenvalue weighted by Crippen LogP contribution is -2.44. The fourth-order valence-corrected chi connectivity index (χ4v) is 3.69. The zero-order valence-corrected chi connectivity index (χ0v) is 16.6. The van der Waals surface area contributed by atoms with Crippen LogP contribution in [0.4, 0.5) is 19.3 Å². The monoisotopic (exact) mass is 417 g/mol. The van der Waals surface area contributed by atoms with Gasteiger partial charge in [0, 0.05) is 40.4 Å². The molecule has 1 aliphatic rings. The second-order valence-electron chi connectivity index (χ2n) is 7.15. The van der Waals surface area contributed by atoms with E-state index in [1.807, 2.05) is 19.1 Å². The smallest absolute Gasteiger partial charge is 0.322 e. The first kappa shape index (κ1) is 19.4. The highest BCUT2D eigenvalue weighted by molar-refractivity contribution is 6.30. The van der Waals surface area contributed by atoms with Crippen LogP contribution in [0.25, 0.3) is 11.3 Å². The van der Waals surface area contributed by atoms with Gasteiger partial charge in [-0.25, -0.2) is 13.6 Å². The van der Waals surface area contributed by atoms with E-state index in [0.717, 1.165) is 22.9 Å². The van der Waals surface area contributed by atoms with Gasteiger partial charge in [-0.15, -0.1) is 0 Å². The van der Waals surface area contributed by atoms with Crippen LogP contribution in [-0.2, 0) is 13.0 Å². The number of hydrogen-bond acceptors (Lipinski definition) is 3. The highest BCUT2D eigenvalue weighted by Crippen LogP contribution is 2.33. The molecule has 1 atom stereocenters. The Morgan fingerprint density at radius 2 is 2.10 bits per heavy atom. The van der Waals surface area contributed by atoms with Crippen LogP contribution in [-0.4, -0.2) is 22.1 Å². The fraction of sp³-hybridized carbons (Fsp3) is 0.238. The molecule has 3 aromatic rings. The second kappa shape index (κ2) is 7.48. The van der Waals surface area contributed by atoms with Gasteiger partial charge in [-0.1, -0.05) is 28.9 Å². The van der Waals surface area contributed by atoms with Gasteiger partial charge in [0.15, 0.2) is 17.4 Å². The Morgan fingerprint density at radius 3 is 2.83 bits per heavy atom. The van der Waals surface area contributed by atoms with E-state index in [-0.39, 0.29) is 23.8 Å². The third kappa shape index (κ3) is 3.70. The number of nitrogens with one attached hydrogen (secondary N) is 1. The third-order valence-corrected chi connectivity index (χ3v) is 5.26. The molecule has 1 unspecified atom stereocenters. The molecule has 4 rings (SSSR count). The molecule has 29 heavy (non-hydrogen) atoms. The Hall–Kier alpha value is -2.93. The molecule has 0 saturated heterocycles. The quantitative estimate of drug-likeness (QED) is 0.593. The van der Waals surface area contributed by atoms with Gasteiger partial charge in [0.2, 0.25) is 0 Å². The number of amides is 2. The van der Waals surface area contributed by atoms with Crippen LogP contribution < -0.4 is 5.32 Å². The first-order valence-corrected chi connectivity index (χ1v) is 9.48. The normalized spacial score (nSPS) is 15.9. The van der Waals surface area contributed by atoms with Crippen LogP contribution in [0.3, 0.4) is 0 Å². The molecule has 150 valence electrons. The molecule has 1 N–H and O–H groups in total. The van der Waals surface area contributed by atoms with Crippen molar-refractivity contribution in [1.82, 2.24) is 10.1 Å². The number of aryl methyl sites for hydroxylation is 1. The van der Waals surface area contributed by atoms with Crippen LogP contribution in [0, 0.1) is 18.6 Å². The van der Waals surface area contributed by atoms with E-state index >= 15 is 0 Å². The van der Waals surface area contributed by atoms with Crippen molar-refractivity contribution in [2.24, 2.45) is 0 Å². The number of urea groups is 1. The Morgan fingerprint density at radius 1 is 1.31 bits per heavy atom. The summed E-state index contributed by atoms with van der Waals surface area (Å²) in [4.78, 5) is 14.5. The maximum atomic E-state index is 13.7. The molecule has 0 fully saturated rings. The maximum absolute atomic E-state index is 13.7. The molecule has 0 bridgehead atoms. The summed E-state index contributed by atoms with van der Waals surface area (Å²) in [5, 5.41) is 7.38. The molecule has 2 heterocycles. The van der Waals surface area contributed by atoms with Crippen LogP contribution in [0.5, 0.6) is 0 Å². The number of anilines is 1. The van der Waals surface area contributed by atoms with E-state index in [9.17, 15) is 13.6 Å². The lowest BCUT2D eigenvalue weighted by molar-refractivity contribution is 0.182. The van der Waals surface area contributed by atoms with Crippen molar-refractivity contribution in [1.29, 1.82) is 0 Å². The van der Waals surface area contributed by atoms with E-state index in [2.05, 4.69) is 10.5 Å². The van der Waals surface area contributed by atoms with E-state index in [1.165, 1.54) is 13.0 Å². The number of hydrogen-bond donors (Lipinski definition) is 1. The molecule has 1 aromatic heterocycles. The molecule has 0 saturated carbocycles. The standard InChI is InChI=1S/C21H18ClF2N3O2/c1-11-6-15(9-17(23)19(11)24)25-21(28)27-10-16-18(7-12(27)2)26-29-20(16)13-4-3-5-14(22)8-13/h3-6,8-9,12H,7,10H2,1-2H3,(H,25,28). The SMILES string of the molecule is Cc1cc(NC(=O)N2Cc3c(noc3-c3cccc(Cl)c3)CC2C)cc(F)c1F. The third-order valence-electron chi connectivity index (χ3n) is 5.03. The number of carbonyl (C=O) groups is 1. The number of benzene rings is 2. The van der Waals surface area contributed by atoms with Gasteiger partial charge in [0.1, 0.15) is 0 Å². The summed E-state index contributed by atoms with van der Waals surface area (Å²) in [5.41, 5.74) is 2.70. The number of halogens is 3. The van der Waals surface area contributed by atoms with Crippen LogP contribution in [0.2, 0.25) is 5.02 Å². The number of carbonyl (C=O) groups excluding carboxylic acids is 1. The fourth-order valence-electron chi connectivity index (χ4n) is 3.50. The summed E-state index contributed by atoms with van der Waals surface area (Å²) in [6, 6.07) is 9.02. The average Bonchev–Trinajstić information content (AvgIpc) is 3.08. The molecular formula is C21H18ClF2N3O2. The summed E-state index contributed by atoms with van der Waals surface area (Å²) >= 11 is 6.08. The van der Waals surface area contributed by atoms with Gasteiger partial charge in [-0.2, -0.15) is 0 Å². The molecule has 0 spiro atoms. The van der Waals surface area contributed by atoms with E-state index in [1.54, 1.807) is 17.0 Å². The van der Waals surface area contributed by atoms with Crippen molar-refractivity contribution < 1.29 is 18.1 Å². The van der Waals surface area contributed by atoms with Gasteiger partial charge >= 0.3 is 6.03 Å². The first-order chi connectivity index (χ1) is 13.8. The molecular weight excluding hydrogens is 400 g/mol. The lowest BCUT2D eigenvalue weighted by Gasteiger charge is -2.32. The van der Waals surface area contributed by atoms with Gasteiger partial charge in [-0.3, -0.25) is 0 Å². The zero-order valence-electron chi connectivity index (χ0n) is 15.8. The molecule has 5 nitrogen and oxygen atoms in total. The summed E-state index contributed by atoms with van der Waals surface area (Å²) in [7, 11) is 0. The number of nitrogens with zero attached hydrogens (tertiary/aromatic N) is 2. The van der Waals surface area contributed by atoms with Crippen molar-refractivity contribution in [3.63, 3.8) is 0 Å². The van der Waals surface area contributed by atoms with E-state index in [0.29, 0.717) is 17.2 Å². The number of rotatable bonds is 2. The highest BCUT2D eigenvalue weighted by atomic mass is 35.5. The van der Waals surface area contributed by atoms with Crippen molar-refractivity contribution >= 4 is 23.3 Å². The minimum atomic E-state index is -1.00. The minimum Gasteiger partial charge on any atom is -0.356 e. The van der Waals surface area contributed by atoms with E-state index < -0.39 is 17.7 Å². The summed E-state index contributed by atoms with van der Waals surface area (Å²) < 4.78 is 32.7. The second-order valence-corrected chi connectivity index (χ2v) is 7.58. The Labute approximate surface area is 171 Å². The topological polar surface area (TPSA) is 58.4 Å². The number of fused-ring (bicyclic) bond motifs is 1. The van der Waals surface area contributed by atoms with Gasteiger partial charge < -0.3 is 14.7 Å². The van der Waals surface area contributed by atoms with Gasteiger partial charge in [-0.05, 0) is 37.6 Å². The summed E-state index contributed by atoms with van der Waals surface area (Å²) in [6.45, 7) is 3.61. The molecule has 1 aliphatic heterocycles. The summed E-state index contributed by atoms with van der Waals surface area (Å²) in [6.07, 6.45) is 0.517. The average molecular weight is 418 g/mol. The molecule has 8 heteroatoms. The van der Waals surface area contributed by atoms with Crippen molar-refractivity contribution in [2.75, 3.05) is 5.32 Å². The zero-order chi connectivity index (χ0) is 20.7. The van der Waals surface area contributed by atoms with Crippen LogP contribution in [0.1, 0.15) is 23.7 Å². The van der Waals surface area contributed by atoms with E-state index in [4.69, 9.17) is 16.1 Å². The largest absolute Gasteiger partial charge is 0.356 e. The lowest BCUT2D eigenvalue weighted by atomic mass is 9.97. The Balaban J connectivity index is 1.60. The molecule has 0 aliphatic carbocycles. The molecule has 2 aromatic carbocycles.